The third kappa shape index (κ3) is 2.92. The molecule has 0 aliphatic carbocycles. The number of hydrogen-bond acceptors (Lipinski definition) is 2. The Labute approximate surface area is 126 Å². The van der Waals surface area contributed by atoms with Crippen molar-refractivity contribution in [2.24, 2.45) is 0 Å². The van der Waals surface area contributed by atoms with Crippen LogP contribution in [0.5, 0.6) is 5.75 Å². The SMILES string of the molecule is COc1cc(Br)cc(-n2c(C(C)(C)C)c[nH]c2=S)c1. The topological polar surface area (TPSA) is 29.9 Å². The van der Waals surface area contributed by atoms with Crippen molar-refractivity contribution in [3.63, 3.8) is 0 Å². The normalized spacial score (nSPS) is 11.6. The average molecular weight is 341 g/mol. The van der Waals surface area contributed by atoms with Crippen LogP contribution in [0.3, 0.4) is 0 Å². The van der Waals surface area contributed by atoms with Gasteiger partial charge >= 0.3 is 0 Å². The van der Waals surface area contributed by atoms with Gasteiger partial charge < -0.3 is 9.72 Å². The minimum absolute atomic E-state index is 0.00309. The van der Waals surface area contributed by atoms with E-state index in [1.165, 1.54) is 0 Å². The maximum atomic E-state index is 5.40. The van der Waals surface area contributed by atoms with E-state index in [0.29, 0.717) is 4.77 Å². The molecule has 0 atom stereocenters. The molecule has 1 aromatic heterocycles. The van der Waals surface area contributed by atoms with E-state index in [-0.39, 0.29) is 5.41 Å². The molecule has 0 spiro atoms. The van der Waals surface area contributed by atoms with Gasteiger partial charge in [0.25, 0.3) is 0 Å². The summed E-state index contributed by atoms with van der Waals surface area (Å²) in [7, 11) is 1.66. The van der Waals surface area contributed by atoms with Gasteiger partial charge in [0.05, 0.1) is 12.8 Å². The Balaban J connectivity index is 2.69. The first-order chi connectivity index (χ1) is 8.82. The van der Waals surface area contributed by atoms with E-state index < -0.39 is 0 Å². The Morgan fingerprint density at radius 3 is 2.53 bits per heavy atom. The van der Waals surface area contributed by atoms with Crippen LogP contribution in [0, 0.1) is 4.77 Å². The van der Waals surface area contributed by atoms with Gasteiger partial charge in [0.2, 0.25) is 0 Å². The summed E-state index contributed by atoms with van der Waals surface area (Å²) in [5.74, 6) is 0.798. The first kappa shape index (κ1) is 14.3. The van der Waals surface area contributed by atoms with E-state index in [1.807, 2.05) is 29.0 Å². The molecule has 0 saturated heterocycles. The standard InChI is InChI=1S/C14H17BrN2OS/c1-14(2,3)12-8-16-13(19)17(12)10-5-9(15)6-11(7-10)18-4/h5-8H,1-4H3,(H,16,19). The minimum Gasteiger partial charge on any atom is -0.497 e. The summed E-state index contributed by atoms with van der Waals surface area (Å²) in [4.78, 5) is 3.12. The molecule has 19 heavy (non-hydrogen) atoms. The van der Waals surface area contributed by atoms with Crippen molar-refractivity contribution in [1.29, 1.82) is 0 Å². The largest absolute Gasteiger partial charge is 0.497 e. The van der Waals surface area contributed by atoms with Gasteiger partial charge in [-0.1, -0.05) is 36.7 Å². The third-order valence-corrected chi connectivity index (χ3v) is 3.65. The second-order valence-electron chi connectivity index (χ2n) is 5.41. The monoisotopic (exact) mass is 340 g/mol. The molecule has 0 aliphatic heterocycles. The Morgan fingerprint density at radius 2 is 1.95 bits per heavy atom. The van der Waals surface area contributed by atoms with Crippen LogP contribution in [0.1, 0.15) is 26.5 Å². The molecule has 3 nitrogen and oxygen atoms in total. The second-order valence-corrected chi connectivity index (χ2v) is 6.72. The van der Waals surface area contributed by atoms with Crippen LogP contribution in [0.15, 0.2) is 28.9 Å². The van der Waals surface area contributed by atoms with Gasteiger partial charge in [0.1, 0.15) is 5.75 Å². The van der Waals surface area contributed by atoms with E-state index in [0.717, 1.165) is 21.6 Å². The molecule has 0 amide bonds. The molecule has 2 aromatic rings. The van der Waals surface area contributed by atoms with Crippen LogP contribution in [-0.4, -0.2) is 16.7 Å². The van der Waals surface area contributed by atoms with Crippen LogP contribution in [0.2, 0.25) is 0 Å². The smallest absolute Gasteiger partial charge is 0.182 e. The molecule has 1 aromatic carbocycles. The van der Waals surface area contributed by atoms with E-state index in [9.17, 15) is 0 Å². The molecule has 5 heteroatoms. The lowest BCUT2D eigenvalue weighted by molar-refractivity contribution is 0.414. The Hall–Kier alpha value is -1.07. The maximum absolute atomic E-state index is 5.40. The molecule has 0 bridgehead atoms. The fourth-order valence-corrected chi connectivity index (χ4v) is 2.69. The minimum atomic E-state index is 0.00309. The summed E-state index contributed by atoms with van der Waals surface area (Å²) in [5.41, 5.74) is 2.13. The van der Waals surface area contributed by atoms with Crippen molar-refractivity contribution < 1.29 is 4.74 Å². The van der Waals surface area contributed by atoms with Crippen molar-refractivity contribution in [2.45, 2.75) is 26.2 Å². The number of hydrogen-bond donors (Lipinski definition) is 1. The maximum Gasteiger partial charge on any atom is 0.182 e. The second kappa shape index (κ2) is 5.13. The fraction of sp³-hybridized carbons (Fsp3) is 0.357. The number of rotatable bonds is 2. The molecular formula is C14H17BrN2OS. The number of nitrogens with one attached hydrogen (secondary N) is 1. The number of methoxy groups -OCH3 is 1. The molecule has 2 rings (SSSR count). The summed E-state index contributed by atoms with van der Waals surface area (Å²) >= 11 is 8.90. The quantitative estimate of drug-likeness (QED) is 0.809. The van der Waals surface area contributed by atoms with Crippen LogP contribution in [0.4, 0.5) is 0 Å². The van der Waals surface area contributed by atoms with Gasteiger partial charge in [-0.25, -0.2) is 0 Å². The Bertz CT molecular complexity index is 652. The highest BCUT2D eigenvalue weighted by atomic mass is 79.9. The first-order valence-electron chi connectivity index (χ1n) is 5.99. The number of imidazole rings is 1. The number of aromatic amines is 1. The molecule has 0 saturated carbocycles. The van der Waals surface area contributed by atoms with Crippen molar-refractivity contribution in [3.8, 4) is 11.4 Å². The molecular weight excluding hydrogens is 324 g/mol. The molecule has 0 unspecified atom stereocenters. The van der Waals surface area contributed by atoms with Gasteiger partial charge in [-0.15, -0.1) is 0 Å². The summed E-state index contributed by atoms with van der Waals surface area (Å²) < 4.78 is 9.00. The van der Waals surface area contributed by atoms with Crippen molar-refractivity contribution in [3.05, 3.63) is 39.3 Å². The molecule has 0 fully saturated rings. The van der Waals surface area contributed by atoms with Crippen LogP contribution in [-0.2, 0) is 5.41 Å². The fourth-order valence-electron chi connectivity index (χ4n) is 1.97. The third-order valence-electron chi connectivity index (χ3n) is 2.89. The lowest BCUT2D eigenvalue weighted by Crippen LogP contribution is -2.16. The number of halogens is 1. The zero-order valence-electron chi connectivity index (χ0n) is 11.5. The highest BCUT2D eigenvalue weighted by molar-refractivity contribution is 9.10. The molecule has 1 heterocycles. The van der Waals surface area contributed by atoms with Crippen molar-refractivity contribution >= 4 is 28.1 Å². The summed E-state index contributed by atoms with van der Waals surface area (Å²) in [6.07, 6.45) is 1.97. The summed E-state index contributed by atoms with van der Waals surface area (Å²) in [5, 5.41) is 0. The van der Waals surface area contributed by atoms with Crippen LogP contribution >= 0.6 is 28.1 Å². The highest BCUT2D eigenvalue weighted by Gasteiger charge is 2.20. The van der Waals surface area contributed by atoms with E-state index in [1.54, 1.807) is 7.11 Å². The molecule has 0 aliphatic rings. The van der Waals surface area contributed by atoms with Gasteiger partial charge in [0.15, 0.2) is 4.77 Å². The van der Waals surface area contributed by atoms with E-state index >= 15 is 0 Å². The number of benzene rings is 1. The van der Waals surface area contributed by atoms with Gasteiger partial charge in [-0.2, -0.15) is 0 Å². The number of aromatic nitrogens is 2. The van der Waals surface area contributed by atoms with E-state index in [2.05, 4.69) is 41.7 Å². The Morgan fingerprint density at radius 1 is 1.26 bits per heavy atom. The highest BCUT2D eigenvalue weighted by Crippen LogP contribution is 2.29. The average Bonchev–Trinajstić information content (AvgIpc) is 2.70. The zero-order valence-corrected chi connectivity index (χ0v) is 13.9. The predicted molar refractivity (Wildman–Crippen MR) is 83.9 cm³/mol. The lowest BCUT2D eigenvalue weighted by atomic mass is 9.92. The summed E-state index contributed by atoms with van der Waals surface area (Å²) in [6, 6.07) is 5.93. The van der Waals surface area contributed by atoms with E-state index in [4.69, 9.17) is 17.0 Å². The zero-order chi connectivity index (χ0) is 14.2. The van der Waals surface area contributed by atoms with Gasteiger partial charge in [-0.05, 0) is 24.4 Å². The predicted octanol–water partition coefficient (Wildman–Crippen LogP) is 4.60. The van der Waals surface area contributed by atoms with Gasteiger partial charge in [0, 0.05) is 27.8 Å². The number of H-pyrrole nitrogens is 1. The van der Waals surface area contributed by atoms with Crippen LogP contribution < -0.4 is 4.74 Å². The Kier molecular flexibility index (Phi) is 3.87. The molecule has 1 N–H and O–H groups in total. The lowest BCUT2D eigenvalue weighted by Gasteiger charge is -2.21. The van der Waals surface area contributed by atoms with Crippen LogP contribution in [0.25, 0.3) is 5.69 Å². The van der Waals surface area contributed by atoms with Crippen molar-refractivity contribution in [2.75, 3.05) is 7.11 Å². The number of ether oxygens (including phenoxy) is 1. The molecule has 0 radical (unpaired) electrons. The van der Waals surface area contributed by atoms with Crippen molar-refractivity contribution in [1.82, 2.24) is 9.55 Å². The summed E-state index contributed by atoms with van der Waals surface area (Å²) in [6.45, 7) is 6.49. The first-order valence-corrected chi connectivity index (χ1v) is 7.19. The molecule has 102 valence electrons. The van der Waals surface area contributed by atoms with Gasteiger partial charge in [-0.3, -0.25) is 4.57 Å². The number of nitrogens with zero attached hydrogens (tertiary/aromatic N) is 1.